The monoisotopic (exact) mass is 627 g/mol. The van der Waals surface area contributed by atoms with Crippen LogP contribution in [-0.2, 0) is 0 Å². The van der Waals surface area contributed by atoms with E-state index in [0.717, 1.165) is 39.1 Å². The number of thiophene rings is 1. The molecule has 10 aromatic rings. The molecule has 0 N–H and O–H groups in total. The highest BCUT2D eigenvalue weighted by molar-refractivity contribution is 7.27. The van der Waals surface area contributed by atoms with Crippen molar-refractivity contribution < 1.29 is 0 Å². The summed E-state index contributed by atoms with van der Waals surface area (Å²) in [6.45, 7) is 0. The van der Waals surface area contributed by atoms with Crippen LogP contribution in [0.5, 0.6) is 0 Å². The molecule has 0 aliphatic heterocycles. The number of benzene rings is 7. The summed E-state index contributed by atoms with van der Waals surface area (Å²) in [5.41, 5.74) is 10.7. The van der Waals surface area contributed by atoms with Crippen LogP contribution >= 0.6 is 11.3 Å². The lowest BCUT2D eigenvalue weighted by Gasteiger charge is -2.13. The van der Waals surface area contributed by atoms with Crippen LogP contribution < -0.4 is 0 Å². The topological polar surface area (TPSA) is 41.1 Å². The maximum Gasteiger partial charge on any atom is 0.156 e. The predicted octanol–water partition coefficient (Wildman–Crippen LogP) is 12.0. The van der Waals surface area contributed by atoms with Crippen molar-refractivity contribution in [2.45, 2.75) is 0 Å². The van der Waals surface area contributed by atoms with E-state index >= 15 is 0 Å². The molecule has 0 unspecified atom stereocenters. The van der Waals surface area contributed by atoms with Gasteiger partial charge in [0.1, 0.15) is 0 Å². The van der Waals surface area contributed by atoms with Crippen LogP contribution in [0.4, 0.5) is 0 Å². The molecule has 3 aromatic heterocycles. The summed E-state index contributed by atoms with van der Waals surface area (Å²) in [7, 11) is 0. The minimum absolute atomic E-state index is 0.667. The van der Waals surface area contributed by atoms with Crippen molar-refractivity contribution in [3.05, 3.63) is 157 Å². The third-order valence-electron chi connectivity index (χ3n) is 9.65. The zero-order chi connectivity index (χ0) is 31.8. The van der Waals surface area contributed by atoms with Crippen LogP contribution in [0.15, 0.2) is 152 Å². The quantitative estimate of drug-likeness (QED) is 0.196. The molecule has 7 aromatic carbocycles. The fourth-order valence-corrected chi connectivity index (χ4v) is 8.63. The highest BCUT2D eigenvalue weighted by Crippen LogP contribution is 2.43. The Morgan fingerprint density at radius 3 is 1.88 bits per heavy atom. The Hall–Kier alpha value is -6.28. The summed E-state index contributed by atoms with van der Waals surface area (Å²) in [4.78, 5) is 5.20. The summed E-state index contributed by atoms with van der Waals surface area (Å²) in [6.07, 6.45) is 0. The molecule has 3 heterocycles. The second kappa shape index (κ2) is 10.4. The van der Waals surface area contributed by atoms with Crippen molar-refractivity contribution in [2.75, 3.05) is 0 Å². The highest BCUT2D eigenvalue weighted by atomic mass is 32.1. The second-order valence-electron chi connectivity index (χ2n) is 12.3. The van der Waals surface area contributed by atoms with Crippen LogP contribution in [0, 0.1) is 11.3 Å². The minimum atomic E-state index is 0.667. The largest absolute Gasteiger partial charge is 0.291 e. The van der Waals surface area contributed by atoms with Crippen LogP contribution in [0.25, 0.3) is 91.9 Å². The number of fused-ring (bicyclic) bond motifs is 10. The molecule has 10 rings (SSSR count). The van der Waals surface area contributed by atoms with Gasteiger partial charge in [-0.05, 0) is 79.7 Å². The number of pyridine rings is 1. The molecular formula is C44H25N3S. The number of aromatic nitrogens is 2. The van der Waals surface area contributed by atoms with Crippen molar-refractivity contribution in [3.8, 4) is 39.6 Å². The van der Waals surface area contributed by atoms with Crippen LogP contribution in [0.3, 0.4) is 0 Å². The number of nitriles is 1. The molecular weight excluding hydrogens is 603 g/mol. The van der Waals surface area contributed by atoms with E-state index in [2.05, 4.69) is 138 Å². The highest BCUT2D eigenvalue weighted by Gasteiger charge is 2.19. The Morgan fingerprint density at radius 2 is 1.15 bits per heavy atom. The van der Waals surface area contributed by atoms with Crippen molar-refractivity contribution in [3.63, 3.8) is 0 Å². The molecule has 0 saturated heterocycles. The Balaban J connectivity index is 1.16. The van der Waals surface area contributed by atoms with Gasteiger partial charge in [0, 0.05) is 15.5 Å². The van der Waals surface area contributed by atoms with E-state index in [4.69, 9.17) is 4.98 Å². The average Bonchev–Trinajstić information content (AvgIpc) is 3.74. The maximum atomic E-state index is 9.27. The molecule has 0 radical (unpaired) electrons. The first-order chi connectivity index (χ1) is 23.7. The van der Waals surface area contributed by atoms with Crippen LogP contribution in [0.2, 0.25) is 0 Å². The second-order valence-corrected chi connectivity index (χ2v) is 13.3. The zero-order valence-corrected chi connectivity index (χ0v) is 26.5. The van der Waals surface area contributed by atoms with Crippen molar-refractivity contribution >= 4 is 69.7 Å². The molecule has 0 saturated carbocycles. The summed E-state index contributed by atoms with van der Waals surface area (Å²) in [5, 5.41) is 16.7. The van der Waals surface area contributed by atoms with Gasteiger partial charge in [0.2, 0.25) is 0 Å². The minimum Gasteiger partial charge on any atom is -0.291 e. The number of nitrogens with zero attached hydrogens (tertiary/aromatic N) is 3. The fraction of sp³-hybridized carbons (Fsp3) is 0. The smallest absolute Gasteiger partial charge is 0.156 e. The Labute approximate surface area is 280 Å². The number of para-hydroxylation sites is 2. The number of hydrogen-bond donors (Lipinski definition) is 0. The van der Waals surface area contributed by atoms with Crippen LogP contribution in [0.1, 0.15) is 5.56 Å². The summed E-state index contributed by atoms with van der Waals surface area (Å²) < 4.78 is 4.86. The first kappa shape index (κ1) is 26.9. The summed E-state index contributed by atoms with van der Waals surface area (Å²) in [5.74, 6) is 0. The molecule has 0 bridgehead atoms. The summed E-state index contributed by atoms with van der Waals surface area (Å²) in [6, 6.07) is 56.0. The lowest BCUT2D eigenvalue weighted by atomic mass is 9.91. The van der Waals surface area contributed by atoms with E-state index in [1.54, 1.807) is 0 Å². The van der Waals surface area contributed by atoms with Gasteiger partial charge in [-0.15, -0.1) is 11.3 Å². The SMILES string of the molecule is N#Cc1ccc(-c2ccc(-c3ccc(-c4cc5c6ccc7ccccc7c6sc5c5nc6ccccc6n45)cc3)c3ccccc23)cc1. The van der Waals surface area contributed by atoms with Gasteiger partial charge < -0.3 is 0 Å². The zero-order valence-electron chi connectivity index (χ0n) is 25.7. The third-order valence-corrected chi connectivity index (χ3v) is 10.9. The van der Waals surface area contributed by atoms with E-state index in [1.807, 2.05) is 35.6 Å². The molecule has 222 valence electrons. The van der Waals surface area contributed by atoms with Gasteiger partial charge in [-0.2, -0.15) is 5.26 Å². The van der Waals surface area contributed by atoms with Crippen molar-refractivity contribution in [1.82, 2.24) is 9.38 Å². The van der Waals surface area contributed by atoms with Gasteiger partial charge in [-0.3, -0.25) is 4.40 Å². The molecule has 0 spiro atoms. The summed E-state index contributed by atoms with van der Waals surface area (Å²) >= 11 is 1.84. The van der Waals surface area contributed by atoms with Gasteiger partial charge in [0.15, 0.2) is 5.65 Å². The Bertz CT molecular complexity index is 2940. The standard InChI is InChI=1S/C44H25N3S/c45-26-27-13-15-29(16-14-27)32-23-24-33(36-10-4-3-9-35(32)36)30-17-19-31(20-18-30)41-25-38-37-22-21-28-7-1-2-8-34(28)42(37)48-43(38)44-46-39-11-5-6-12-40(39)47(41)44/h1-25H. The normalized spacial score (nSPS) is 11.7. The lowest BCUT2D eigenvalue weighted by Crippen LogP contribution is -1.93. The van der Waals surface area contributed by atoms with Gasteiger partial charge in [-0.1, -0.05) is 121 Å². The average molecular weight is 628 g/mol. The fourth-order valence-electron chi connectivity index (χ4n) is 7.34. The number of hydrogen-bond acceptors (Lipinski definition) is 3. The molecule has 4 heteroatoms. The predicted molar refractivity (Wildman–Crippen MR) is 202 cm³/mol. The Morgan fingerprint density at radius 1 is 0.521 bits per heavy atom. The van der Waals surface area contributed by atoms with Crippen LogP contribution in [-0.4, -0.2) is 9.38 Å². The van der Waals surface area contributed by atoms with E-state index in [1.165, 1.54) is 52.8 Å². The van der Waals surface area contributed by atoms with E-state index in [-0.39, 0.29) is 0 Å². The van der Waals surface area contributed by atoms with Gasteiger partial charge >= 0.3 is 0 Å². The van der Waals surface area contributed by atoms with E-state index < -0.39 is 0 Å². The van der Waals surface area contributed by atoms with Crippen molar-refractivity contribution in [2.24, 2.45) is 0 Å². The molecule has 3 nitrogen and oxygen atoms in total. The first-order valence-corrected chi connectivity index (χ1v) is 16.8. The lowest BCUT2D eigenvalue weighted by molar-refractivity contribution is 1.25. The van der Waals surface area contributed by atoms with Crippen molar-refractivity contribution in [1.29, 1.82) is 5.26 Å². The van der Waals surface area contributed by atoms with E-state index in [0.29, 0.717) is 5.56 Å². The van der Waals surface area contributed by atoms with E-state index in [9.17, 15) is 5.26 Å². The molecule has 0 atom stereocenters. The maximum absolute atomic E-state index is 9.27. The number of imidazole rings is 1. The Kier molecular flexibility index (Phi) is 5.81. The molecule has 0 aliphatic rings. The first-order valence-electron chi connectivity index (χ1n) is 16.0. The molecule has 0 fully saturated rings. The molecule has 48 heavy (non-hydrogen) atoms. The third kappa shape index (κ3) is 3.95. The molecule has 0 aliphatic carbocycles. The molecule has 0 amide bonds. The number of rotatable bonds is 3. The van der Waals surface area contributed by atoms with Gasteiger partial charge in [0.25, 0.3) is 0 Å². The van der Waals surface area contributed by atoms with Gasteiger partial charge in [-0.25, -0.2) is 4.98 Å². The van der Waals surface area contributed by atoms with Gasteiger partial charge in [0.05, 0.1) is 33.1 Å².